The van der Waals surface area contributed by atoms with E-state index in [9.17, 15) is 9.59 Å². The number of carbonyl (C=O) groups is 2. The molecule has 0 heterocycles. The second-order valence-corrected chi connectivity index (χ2v) is 5.58. The van der Waals surface area contributed by atoms with Crippen LogP contribution in [0.2, 0.25) is 0 Å². The molecule has 2 amide bonds. The van der Waals surface area contributed by atoms with E-state index in [-0.39, 0.29) is 17.9 Å². The molecule has 0 bridgehead atoms. The minimum absolute atomic E-state index is 0.0748. The van der Waals surface area contributed by atoms with Gasteiger partial charge >= 0.3 is 0 Å². The van der Waals surface area contributed by atoms with Crippen molar-refractivity contribution in [3.8, 4) is 0 Å². The Hall–Kier alpha value is -2.66. The highest BCUT2D eigenvalue weighted by Crippen LogP contribution is 2.14. The normalized spacial score (nSPS) is 11.8. The number of nitrogens with one attached hydrogen (secondary N) is 2. The fourth-order valence-corrected chi connectivity index (χ4v) is 2.08. The Kier molecular flexibility index (Phi) is 5.49. The second-order valence-electron chi connectivity index (χ2n) is 5.58. The van der Waals surface area contributed by atoms with E-state index in [4.69, 9.17) is 5.73 Å². The summed E-state index contributed by atoms with van der Waals surface area (Å²) in [6.45, 7) is 3.80. The summed E-state index contributed by atoms with van der Waals surface area (Å²) in [5, 5.41) is 5.56. The van der Waals surface area contributed by atoms with Gasteiger partial charge in [0.25, 0.3) is 5.91 Å². The van der Waals surface area contributed by atoms with E-state index in [1.807, 2.05) is 44.2 Å². The monoisotopic (exact) mass is 311 g/mol. The third kappa shape index (κ3) is 4.66. The maximum absolute atomic E-state index is 12.2. The Labute approximate surface area is 135 Å². The van der Waals surface area contributed by atoms with Gasteiger partial charge in [0.2, 0.25) is 5.91 Å². The van der Waals surface area contributed by atoms with Crippen molar-refractivity contribution < 1.29 is 9.59 Å². The molecule has 0 saturated carbocycles. The molecule has 0 fully saturated rings. The molecule has 23 heavy (non-hydrogen) atoms. The van der Waals surface area contributed by atoms with Crippen LogP contribution in [0.1, 0.15) is 35.8 Å². The zero-order valence-corrected chi connectivity index (χ0v) is 13.2. The first-order valence-electron chi connectivity index (χ1n) is 7.49. The number of amides is 2. The fourth-order valence-electron chi connectivity index (χ4n) is 2.08. The number of carbonyl (C=O) groups excluding carboxylic acids is 2. The molecule has 2 aromatic carbocycles. The average molecular weight is 311 g/mol. The van der Waals surface area contributed by atoms with Crippen molar-refractivity contribution in [3.63, 3.8) is 0 Å². The Balaban J connectivity index is 2.00. The predicted octanol–water partition coefficient (Wildman–Crippen LogP) is 2.46. The molecule has 5 heteroatoms. The van der Waals surface area contributed by atoms with Gasteiger partial charge in [-0.05, 0) is 43.7 Å². The van der Waals surface area contributed by atoms with Crippen LogP contribution in [0.5, 0.6) is 0 Å². The molecule has 2 rings (SSSR count). The number of anilines is 1. The van der Waals surface area contributed by atoms with Crippen molar-refractivity contribution in [3.05, 3.63) is 65.7 Å². The molecule has 2 aromatic rings. The number of benzene rings is 2. The standard InChI is InChI=1S/C18H21N3O2/c1-12(2)20-17(22)14-8-10-15(11-9-14)21-18(23)16(19)13-6-4-3-5-7-13/h3-12,16H,19H2,1-2H3,(H,20,22)(H,21,23). The van der Waals surface area contributed by atoms with Crippen molar-refractivity contribution in [2.75, 3.05) is 5.32 Å². The molecule has 1 unspecified atom stereocenters. The highest BCUT2D eigenvalue weighted by atomic mass is 16.2. The zero-order valence-electron chi connectivity index (χ0n) is 13.2. The SMILES string of the molecule is CC(C)NC(=O)c1ccc(NC(=O)C(N)c2ccccc2)cc1. The Morgan fingerprint density at radius 1 is 0.957 bits per heavy atom. The molecule has 120 valence electrons. The van der Waals surface area contributed by atoms with Crippen LogP contribution >= 0.6 is 0 Å². The third-order valence-electron chi connectivity index (χ3n) is 3.28. The summed E-state index contributed by atoms with van der Waals surface area (Å²) in [5.74, 6) is -0.436. The zero-order chi connectivity index (χ0) is 16.8. The van der Waals surface area contributed by atoms with Gasteiger partial charge in [-0.25, -0.2) is 0 Å². The summed E-state index contributed by atoms with van der Waals surface area (Å²) >= 11 is 0. The van der Waals surface area contributed by atoms with Crippen LogP contribution in [0.4, 0.5) is 5.69 Å². The molecule has 0 aliphatic heterocycles. The second kappa shape index (κ2) is 7.56. The summed E-state index contributed by atoms with van der Waals surface area (Å²) in [6, 6.07) is 15.2. The molecule has 0 aromatic heterocycles. The smallest absolute Gasteiger partial charge is 0.251 e. The van der Waals surface area contributed by atoms with Gasteiger partial charge < -0.3 is 16.4 Å². The van der Waals surface area contributed by atoms with Crippen molar-refractivity contribution >= 4 is 17.5 Å². The van der Waals surface area contributed by atoms with Gasteiger partial charge in [0, 0.05) is 17.3 Å². The number of nitrogens with two attached hydrogens (primary N) is 1. The number of rotatable bonds is 5. The summed E-state index contributed by atoms with van der Waals surface area (Å²) in [6.07, 6.45) is 0. The average Bonchev–Trinajstić information content (AvgIpc) is 2.55. The van der Waals surface area contributed by atoms with Crippen LogP contribution in [0, 0.1) is 0 Å². The molecule has 4 N–H and O–H groups in total. The molecule has 0 radical (unpaired) electrons. The maximum Gasteiger partial charge on any atom is 0.251 e. The largest absolute Gasteiger partial charge is 0.350 e. The van der Waals surface area contributed by atoms with Crippen LogP contribution in [-0.2, 0) is 4.79 Å². The minimum Gasteiger partial charge on any atom is -0.350 e. The first kappa shape index (κ1) is 16.7. The molecule has 0 spiro atoms. The molecule has 0 saturated heterocycles. The van der Waals surface area contributed by atoms with Crippen LogP contribution in [-0.4, -0.2) is 17.9 Å². The number of hydrogen-bond acceptors (Lipinski definition) is 3. The summed E-state index contributed by atoms with van der Waals surface area (Å²) in [5.41, 5.74) is 7.84. The Morgan fingerprint density at radius 2 is 1.57 bits per heavy atom. The minimum atomic E-state index is -0.736. The van der Waals surface area contributed by atoms with Gasteiger partial charge in [-0.1, -0.05) is 30.3 Å². The molecular weight excluding hydrogens is 290 g/mol. The van der Waals surface area contributed by atoms with Gasteiger partial charge in [-0.2, -0.15) is 0 Å². The van der Waals surface area contributed by atoms with Crippen LogP contribution in [0.25, 0.3) is 0 Å². The highest BCUT2D eigenvalue weighted by Gasteiger charge is 2.15. The fraction of sp³-hybridized carbons (Fsp3) is 0.222. The van der Waals surface area contributed by atoms with E-state index in [1.165, 1.54) is 0 Å². The summed E-state index contributed by atoms with van der Waals surface area (Å²) in [4.78, 5) is 24.0. The quantitative estimate of drug-likeness (QED) is 0.793. The van der Waals surface area contributed by atoms with Gasteiger partial charge in [0.1, 0.15) is 6.04 Å². The summed E-state index contributed by atoms with van der Waals surface area (Å²) in [7, 11) is 0. The van der Waals surface area contributed by atoms with Crippen molar-refractivity contribution in [1.29, 1.82) is 0 Å². The van der Waals surface area contributed by atoms with Crippen LogP contribution in [0.15, 0.2) is 54.6 Å². The van der Waals surface area contributed by atoms with Crippen LogP contribution in [0.3, 0.4) is 0 Å². The molecular formula is C18H21N3O2. The maximum atomic E-state index is 12.2. The lowest BCUT2D eigenvalue weighted by atomic mass is 10.1. The lowest BCUT2D eigenvalue weighted by Gasteiger charge is -2.13. The molecule has 5 nitrogen and oxygen atoms in total. The van der Waals surface area contributed by atoms with Gasteiger partial charge in [0.15, 0.2) is 0 Å². The predicted molar refractivity (Wildman–Crippen MR) is 91.0 cm³/mol. The van der Waals surface area contributed by atoms with Crippen molar-refractivity contribution in [2.45, 2.75) is 25.9 Å². The molecule has 0 aliphatic carbocycles. The van der Waals surface area contributed by atoms with E-state index in [2.05, 4.69) is 10.6 Å². The van der Waals surface area contributed by atoms with Crippen molar-refractivity contribution in [1.82, 2.24) is 5.32 Å². The van der Waals surface area contributed by atoms with E-state index >= 15 is 0 Å². The van der Waals surface area contributed by atoms with Crippen LogP contribution < -0.4 is 16.4 Å². The van der Waals surface area contributed by atoms with Crippen molar-refractivity contribution in [2.24, 2.45) is 5.73 Å². The topological polar surface area (TPSA) is 84.2 Å². The van der Waals surface area contributed by atoms with E-state index in [1.54, 1.807) is 24.3 Å². The Bertz CT molecular complexity index is 666. The highest BCUT2D eigenvalue weighted by molar-refractivity contribution is 5.97. The van der Waals surface area contributed by atoms with Gasteiger partial charge in [-0.3, -0.25) is 9.59 Å². The number of hydrogen-bond donors (Lipinski definition) is 3. The van der Waals surface area contributed by atoms with E-state index < -0.39 is 6.04 Å². The lowest BCUT2D eigenvalue weighted by Crippen LogP contribution is -2.30. The van der Waals surface area contributed by atoms with Gasteiger partial charge in [0.05, 0.1) is 0 Å². The van der Waals surface area contributed by atoms with E-state index in [0.29, 0.717) is 11.3 Å². The lowest BCUT2D eigenvalue weighted by molar-refractivity contribution is -0.117. The Morgan fingerprint density at radius 3 is 2.13 bits per heavy atom. The first-order chi connectivity index (χ1) is 11.0. The summed E-state index contributed by atoms with van der Waals surface area (Å²) < 4.78 is 0. The third-order valence-corrected chi connectivity index (χ3v) is 3.28. The van der Waals surface area contributed by atoms with E-state index in [0.717, 1.165) is 5.56 Å². The first-order valence-corrected chi connectivity index (χ1v) is 7.49. The van der Waals surface area contributed by atoms with Gasteiger partial charge in [-0.15, -0.1) is 0 Å². The molecule has 1 atom stereocenters. The molecule has 0 aliphatic rings.